The van der Waals surface area contributed by atoms with Crippen molar-refractivity contribution in [2.75, 3.05) is 13.2 Å². The molecule has 3 heterocycles. The smallest absolute Gasteiger partial charge is 0.339 e. The van der Waals surface area contributed by atoms with Gasteiger partial charge in [-0.15, -0.1) is 0 Å². The number of phenols is 1. The highest BCUT2D eigenvalue weighted by atomic mass is 19.1. The Morgan fingerprint density at radius 1 is 1.11 bits per heavy atom. The van der Waals surface area contributed by atoms with Crippen LogP contribution in [0.5, 0.6) is 11.6 Å². The number of nitrogens with zero attached hydrogens (tertiary/aromatic N) is 4. The Labute approximate surface area is 256 Å². The molecule has 0 radical (unpaired) electrons. The van der Waals surface area contributed by atoms with Crippen molar-refractivity contribution in [1.29, 1.82) is 5.26 Å². The van der Waals surface area contributed by atoms with Crippen LogP contribution in [0, 0.1) is 28.4 Å². The number of nitriles is 1. The number of hydrogen-bond donors (Lipinski definition) is 2. The molecule has 1 fully saturated rings. The molecule has 45 heavy (non-hydrogen) atoms. The summed E-state index contributed by atoms with van der Waals surface area (Å²) >= 11 is 0. The Morgan fingerprint density at radius 3 is 2.58 bits per heavy atom. The molecule has 1 aliphatic heterocycles. The highest BCUT2D eigenvalue weighted by Crippen LogP contribution is 2.41. The van der Waals surface area contributed by atoms with E-state index in [2.05, 4.69) is 16.0 Å². The molecule has 11 heteroatoms. The molecule has 0 aliphatic carbocycles. The number of ether oxygens (including phenoxy) is 2. The highest BCUT2D eigenvalue weighted by Gasteiger charge is 2.39. The third-order valence-corrected chi connectivity index (χ3v) is 8.03. The van der Waals surface area contributed by atoms with Gasteiger partial charge < -0.3 is 24.3 Å². The normalized spacial score (nSPS) is 15.7. The summed E-state index contributed by atoms with van der Waals surface area (Å²) < 4.78 is 44.5. The first-order chi connectivity index (χ1) is 21.5. The molecule has 0 saturated carbocycles. The van der Waals surface area contributed by atoms with Gasteiger partial charge >= 0.3 is 5.97 Å². The Balaban J connectivity index is 1.32. The number of pyridine rings is 1. The number of aromatic hydroxyl groups is 1. The molecule has 1 saturated heterocycles. The van der Waals surface area contributed by atoms with E-state index in [-0.39, 0.29) is 52.7 Å². The first-order valence-corrected chi connectivity index (χ1v) is 14.2. The van der Waals surface area contributed by atoms with E-state index in [0.717, 1.165) is 17.7 Å². The van der Waals surface area contributed by atoms with Gasteiger partial charge in [0.05, 0.1) is 47.6 Å². The average molecular weight is 611 g/mol. The summed E-state index contributed by atoms with van der Waals surface area (Å²) in [6.45, 7) is 4.95. The zero-order chi connectivity index (χ0) is 31.9. The Morgan fingerprint density at radius 2 is 1.89 bits per heavy atom. The van der Waals surface area contributed by atoms with Crippen molar-refractivity contribution in [3.63, 3.8) is 0 Å². The molecule has 1 atom stereocenters. The van der Waals surface area contributed by atoms with E-state index in [4.69, 9.17) is 14.7 Å². The SMILES string of the molecule is CC1(C)COCC1n1c(Cc2cc(F)c(-c3cccc(OCc4ccc(C#N)cc4)n3)cc2F)nc2cc(O)c(C(=O)O)cc21. The molecule has 5 aromatic rings. The second kappa shape index (κ2) is 11.6. The van der Waals surface area contributed by atoms with E-state index in [1.165, 1.54) is 12.1 Å². The lowest BCUT2D eigenvalue weighted by atomic mass is 9.87. The van der Waals surface area contributed by atoms with Crippen LogP contribution in [0.15, 0.2) is 66.7 Å². The van der Waals surface area contributed by atoms with Crippen molar-refractivity contribution in [3.05, 3.63) is 106 Å². The zero-order valence-electron chi connectivity index (χ0n) is 24.4. The largest absolute Gasteiger partial charge is 0.507 e. The number of halogens is 2. The van der Waals surface area contributed by atoms with Crippen molar-refractivity contribution in [1.82, 2.24) is 14.5 Å². The number of carboxylic acid groups (broad SMARTS) is 1. The van der Waals surface area contributed by atoms with E-state index in [9.17, 15) is 15.0 Å². The lowest BCUT2D eigenvalue weighted by molar-refractivity contribution is 0.0694. The fraction of sp³-hybridized carbons (Fsp3) is 0.235. The number of benzene rings is 3. The summed E-state index contributed by atoms with van der Waals surface area (Å²) in [4.78, 5) is 20.8. The number of fused-ring (bicyclic) bond motifs is 1. The molecule has 2 N–H and O–H groups in total. The van der Waals surface area contributed by atoms with Crippen molar-refractivity contribution < 1.29 is 33.3 Å². The zero-order valence-corrected chi connectivity index (χ0v) is 24.4. The van der Waals surface area contributed by atoms with Gasteiger partial charge in [0.15, 0.2) is 0 Å². The fourth-order valence-electron chi connectivity index (χ4n) is 5.57. The quantitative estimate of drug-likeness (QED) is 0.206. The Hall–Kier alpha value is -5.34. The van der Waals surface area contributed by atoms with E-state index in [1.807, 2.05) is 18.4 Å². The van der Waals surface area contributed by atoms with Gasteiger partial charge in [-0.25, -0.2) is 23.5 Å². The second-order valence-corrected chi connectivity index (χ2v) is 11.6. The van der Waals surface area contributed by atoms with Gasteiger partial charge in [-0.2, -0.15) is 5.26 Å². The number of carbonyl (C=O) groups is 1. The van der Waals surface area contributed by atoms with E-state index < -0.39 is 23.4 Å². The summed E-state index contributed by atoms with van der Waals surface area (Å²) in [5.41, 5.74) is 1.65. The summed E-state index contributed by atoms with van der Waals surface area (Å²) in [6.07, 6.45) is -0.103. The molecular weight excluding hydrogens is 582 g/mol. The van der Waals surface area contributed by atoms with Crippen LogP contribution in [0.1, 0.15) is 52.8 Å². The van der Waals surface area contributed by atoms with E-state index in [0.29, 0.717) is 35.6 Å². The highest BCUT2D eigenvalue weighted by molar-refractivity contribution is 5.96. The van der Waals surface area contributed by atoms with Crippen molar-refractivity contribution >= 4 is 17.0 Å². The second-order valence-electron chi connectivity index (χ2n) is 11.6. The Bertz CT molecular complexity index is 1980. The Kier molecular flexibility index (Phi) is 7.68. The van der Waals surface area contributed by atoms with Gasteiger partial charge in [-0.05, 0) is 47.5 Å². The molecule has 6 rings (SSSR count). The molecule has 1 aliphatic rings. The minimum absolute atomic E-state index is 0.0421. The molecule has 228 valence electrons. The van der Waals surface area contributed by atoms with Crippen LogP contribution in [0.4, 0.5) is 8.78 Å². The number of aromatic carboxylic acids is 1. The number of imidazole rings is 1. The first kappa shape index (κ1) is 29.7. The summed E-state index contributed by atoms with van der Waals surface area (Å²) in [6, 6.07) is 18.3. The molecular formula is C34H28F2N4O5. The first-order valence-electron chi connectivity index (χ1n) is 14.2. The molecule has 9 nitrogen and oxygen atoms in total. The number of rotatable bonds is 8. The summed E-state index contributed by atoms with van der Waals surface area (Å²) in [5.74, 6) is -2.51. The van der Waals surface area contributed by atoms with Crippen LogP contribution < -0.4 is 4.74 Å². The maximum absolute atomic E-state index is 15.7. The van der Waals surface area contributed by atoms with Crippen LogP contribution >= 0.6 is 0 Å². The summed E-state index contributed by atoms with van der Waals surface area (Å²) in [5, 5.41) is 28.9. The van der Waals surface area contributed by atoms with Crippen molar-refractivity contribution in [2.24, 2.45) is 5.41 Å². The number of carboxylic acids is 1. The van der Waals surface area contributed by atoms with Gasteiger partial charge in [0, 0.05) is 29.5 Å². The monoisotopic (exact) mass is 610 g/mol. The molecule has 1 unspecified atom stereocenters. The molecule has 0 spiro atoms. The van der Waals surface area contributed by atoms with Gasteiger partial charge in [0.25, 0.3) is 0 Å². The van der Waals surface area contributed by atoms with E-state index >= 15 is 8.78 Å². The van der Waals surface area contributed by atoms with Crippen molar-refractivity contribution in [2.45, 2.75) is 32.9 Å². The third kappa shape index (κ3) is 5.80. The minimum atomic E-state index is -1.30. The molecule has 3 aromatic carbocycles. The number of aromatic nitrogens is 3. The standard InChI is InChI=1S/C34H28F2N4O5/c1-34(2)18-44-17-30(34)40-28-13-23(33(42)43)29(41)14-27(28)38-31(40)11-21-10-25(36)22(12-24(21)35)26-4-3-5-32(39-26)45-16-20-8-6-19(15-37)7-9-20/h3-10,12-14,30,41H,11,16-18H2,1-2H3,(H,42,43). The fourth-order valence-corrected chi connectivity index (χ4v) is 5.57. The van der Waals surface area contributed by atoms with Crippen LogP contribution in [0.25, 0.3) is 22.3 Å². The average Bonchev–Trinajstić information content (AvgIpc) is 3.54. The van der Waals surface area contributed by atoms with Gasteiger partial charge in [-0.1, -0.05) is 32.0 Å². The molecule has 0 bridgehead atoms. The maximum Gasteiger partial charge on any atom is 0.339 e. The predicted octanol–water partition coefficient (Wildman–Crippen LogP) is 6.42. The van der Waals surface area contributed by atoms with Crippen LogP contribution in [0.2, 0.25) is 0 Å². The molecule has 0 amide bonds. The van der Waals surface area contributed by atoms with Crippen LogP contribution in [0.3, 0.4) is 0 Å². The van der Waals surface area contributed by atoms with E-state index in [1.54, 1.807) is 42.5 Å². The summed E-state index contributed by atoms with van der Waals surface area (Å²) in [7, 11) is 0. The van der Waals surface area contributed by atoms with Gasteiger partial charge in [0.1, 0.15) is 35.4 Å². The van der Waals surface area contributed by atoms with Crippen LogP contribution in [-0.2, 0) is 17.8 Å². The predicted molar refractivity (Wildman–Crippen MR) is 160 cm³/mol. The topological polar surface area (TPSA) is 130 Å². The maximum atomic E-state index is 15.7. The van der Waals surface area contributed by atoms with Gasteiger partial charge in [-0.3, -0.25) is 0 Å². The number of hydrogen-bond acceptors (Lipinski definition) is 7. The van der Waals surface area contributed by atoms with Gasteiger partial charge in [0.2, 0.25) is 5.88 Å². The van der Waals surface area contributed by atoms with Crippen molar-refractivity contribution in [3.8, 4) is 29.0 Å². The third-order valence-electron chi connectivity index (χ3n) is 8.03. The molecule has 2 aromatic heterocycles. The minimum Gasteiger partial charge on any atom is -0.507 e. The van der Waals surface area contributed by atoms with Crippen LogP contribution in [-0.4, -0.2) is 43.9 Å². The lowest BCUT2D eigenvalue weighted by Gasteiger charge is -2.28. The lowest BCUT2D eigenvalue weighted by Crippen LogP contribution is -2.27.